The van der Waals surface area contributed by atoms with E-state index in [0.29, 0.717) is 21.7 Å². The second-order valence-corrected chi connectivity index (χ2v) is 5.86. The highest BCUT2D eigenvalue weighted by atomic mass is 35.5. The van der Waals surface area contributed by atoms with Gasteiger partial charge in [0.1, 0.15) is 11.1 Å². The molecule has 3 aromatic rings. The standard InChI is InChI=1S/C18H15ClN2O2/c1-10-3-5-14(7-11(10)2)21-18(22)15-9-12-8-13(19)4-6-16(12)23-17(15)20/h3-9,20H,1-2H3,(H,21,22). The van der Waals surface area contributed by atoms with Crippen molar-refractivity contribution in [2.45, 2.75) is 13.8 Å². The van der Waals surface area contributed by atoms with Crippen LogP contribution in [0.5, 0.6) is 0 Å². The number of carbonyl (C=O) groups excluding carboxylic acids is 1. The molecule has 0 bridgehead atoms. The molecule has 116 valence electrons. The summed E-state index contributed by atoms with van der Waals surface area (Å²) in [4.78, 5) is 12.4. The van der Waals surface area contributed by atoms with Gasteiger partial charge in [-0.05, 0) is 61.4 Å². The molecule has 2 N–H and O–H groups in total. The van der Waals surface area contributed by atoms with Crippen LogP contribution < -0.4 is 10.9 Å². The summed E-state index contributed by atoms with van der Waals surface area (Å²) < 4.78 is 5.40. The predicted octanol–water partition coefficient (Wildman–Crippen LogP) is 4.43. The highest BCUT2D eigenvalue weighted by Crippen LogP contribution is 2.20. The second kappa shape index (κ2) is 5.89. The molecule has 0 aliphatic rings. The number of nitrogens with one attached hydrogen (secondary N) is 2. The molecule has 0 atom stereocenters. The molecule has 0 fully saturated rings. The Morgan fingerprint density at radius 2 is 1.87 bits per heavy atom. The Bertz CT molecular complexity index is 976. The SMILES string of the molecule is Cc1ccc(NC(=O)c2cc3cc(Cl)ccc3oc2=N)cc1C. The molecule has 4 nitrogen and oxygen atoms in total. The van der Waals surface area contributed by atoms with Crippen LogP contribution >= 0.6 is 11.6 Å². The minimum atomic E-state index is -0.385. The maximum atomic E-state index is 12.4. The number of hydrogen-bond donors (Lipinski definition) is 2. The Labute approximate surface area is 138 Å². The van der Waals surface area contributed by atoms with Gasteiger partial charge in [0.05, 0.1) is 0 Å². The maximum Gasteiger partial charge on any atom is 0.261 e. The Morgan fingerprint density at radius 1 is 1.09 bits per heavy atom. The van der Waals surface area contributed by atoms with Gasteiger partial charge in [-0.1, -0.05) is 17.7 Å². The van der Waals surface area contributed by atoms with Gasteiger partial charge < -0.3 is 9.73 Å². The summed E-state index contributed by atoms with van der Waals surface area (Å²) in [6, 6.07) is 12.3. The third-order valence-corrected chi connectivity index (χ3v) is 3.97. The minimum Gasteiger partial charge on any atom is -0.438 e. The summed E-state index contributed by atoms with van der Waals surface area (Å²) in [5.41, 5.74) is 3.42. The molecule has 1 amide bonds. The van der Waals surface area contributed by atoms with Crippen molar-refractivity contribution in [1.29, 1.82) is 5.41 Å². The molecule has 2 aromatic carbocycles. The van der Waals surface area contributed by atoms with E-state index in [0.717, 1.165) is 11.1 Å². The van der Waals surface area contributed by atoms with Crippen LogP contribution in [0, 0.1) is 19.3 Å². The zero-order valence-electron chi connectivity index (χ0n) is 12.7. The molecule has 0 unspecified atom stereocenters. The summed E-state index contributed by atoms with van der Waals surface area (Å²) >= 11 is 5.96. The third-order valence-electron chi connectivity index (χ3n) is 3.74. The van der Waals surface area contributed by atoms with Gasteiger partial charge in [-0.25, -0.2) is 0 Å². The van der Waals surface area contributed by atoms with E-state index in [1.807, 2.05) is 32.0 Å². The van der Waals surface area contributed by atoms with Crippen molar-refractivity contribution in [3.05, 3.63) is 69.7 Å². The van der Waals surface area contributed by atoms with Gasteiger partial charge in [0.25, 0.3) is 5.91 Å². The van der Waals surface area contributed by atoms with Crippen molar-refractivity contribution < 1.29 is 9.21 Å². The average molecular weight is 327 g/mol. The lowest BCUT2D eigenvalue weighted by Gasteiger charge is -2.08. The van der Waals surface area contributed by atoms with Crippen LogP contribution in [0.15, 0.2) is 46.9 Å². The van der Waals surface area contributed by atoms with E-state index in [2.05, 4.69) is 5.32 Å². The van der Waals surface area contributed by atoms with Crippen LogP contribution in [-0.2, 0) is 0 Å². The molecule has 5 heteroatoms. The van der Waals surface area contributed by atoms with E-state index in [-0.39, 0.29) is 17.0 Å². The van der Waals surface area contributed by atoms with Crippen LogP contribution in [0.25, 0.3) is 11.0 Å². The minimum absolute atomic E-state index is 0.165. The zero-order chi connectivity index (χ0) is 16.6. The van der Waals surface area contributed by atoms with Crippen LogP contribution in [0.3, 0.4) is 0 Å². The van der Waals surface area contributed by atoms with Crippen molar-refractivity contribution in [3.8, 4) is 0 Å². The molecule has 0 aliphatic carbocycles. The topological polar surface area (TPSA) is 66.1 Å². The van der Waals surface area contributed by atoms with E-state index in [1.54, 1.807) is 24.3 Å². The second-order valence-electron chi connectivity index (χ2n) is 5.42. The summed E-state index contributed by atoms with van der Waals surface area (Å²) in [6.07, 6.45) is 0. The van der Waals surface area contributed by atoms with Gasteiger partial charge in [-0.3, -0.25) is 10.2 Å². The fraction of sp³-hybridized carbons (Fsp3) is 0.111. The first kappa shape index (κ1) is 15.3. The van der Waals surface area contributed by atoms with Crippen LogP contribution in [-0.4, -0.2) is 5.91 Å². The smallest absolute Gasteiger partial charge is 0.261 e. The number of halogens is 1. The molecular weight excluding hydrogens is 312 g/mol. The molecule has 0 saturated heterocycles. The molecular formula is C18H15ClN2O2. The van der Waals surface area contributed by atoms with Crippen molar-refractivity contribution in [3.63, 3.8) is 0 Å². The van der Waals surface area contributed by atoms with Crippen molar-refractivity contribution in [2.24, 2.45) is 0 Å². The van der Waals surface area contributed by atoms with Gasteiger partial charge in [0.2, 0.25) is 5.55 Å². The lowest BCUT2D eigenvalue weighted by atomic mass is 10.1. The quantitative estimate of drug-likeness (QED) is 0.731. The monoisotopic (exact) mass is 326 g/mol. The first-order valence-corrected chi connectivity index (χ1v) is 7.48. The number of benzene rings is 2. The number of amides is 1. The van der Waals surface area contributed by atoms with E-state index >= 15 is 0 Å². The first-order valence-electron chi connectivity index (χ1n) is 7.10. The van der Waals surface area contributed by atoms with Crippen LogP contribution in [0.4, 0.5) is 5.69 Å². The molecule has 3 rings (SSSR count). The highest BCUT2D eigenvalue weighted by molar-refractivity contribution is 6.31. The molecule has 1 heterocycles. The average Bonchev–Trinajstić information content (AvgIpc) is 2.50. The fourth-order valence-electron chi connectivity index (χ4n) is 2.30. The zero-order valence-corrected chi connectivity index (χ0v) is 13.5. The number of aryl methyl sites for hydroxylation is 2. The largest absolute Gasteiger partial charge is 0.438 e. The van der Waals surface area contributed by atoms with E-state index in [9.17, 15) is 4.79 Å². The highest BCUT2D eigenvalue weighted by Gasteiger charge is 2.12. The molecule has 0 saturated carbocycles. The van der Waals surface area contributed by atoms with E-state index in [4.69, 9.17) is 21.4 Å². The molecule has 0 spiro atoms. The number of hydrogen-bond acceptors (Lipinski definition) is 3. The number of rotatable bonds is 2. The Morgan fingerprint density at radius 3 is 2.61 bits per heavy atom. The summed E-state index contributed by atoms with van der Waals surface area (Å²) in [7, 11) is 0. The Kier molecular flexibility index (Phi) is 3.92. The van der Waals surface area contributed by atoms with Gasteiger partial charge in [0.15, 0.2) is 0 Å². The normalized spacial score (nSPS) is 10.7. The maximum absolute atomic E-state index is 12.4. The van der Waals surface area contributed by atoms with Gasteiger partial charge in [-0.2, -0.15) is 0 Å². The molecule has 23 heavy (non-hydrogen) atoms. The van der Waals surface area contributed by atoms with Crippen molar-refractivity contribution in [1.82, 2.24) is 0 Å². The molecule has 1 aromatic heterocycles. The van der Waals surface area contributed by atoms with Crippen LogP contribution in [0.1, 0.15) is 21.5 Å². The van der Waals surface area contributed by atoms with E-state index < -0.39 is 0 Å². The van der Waals surface area contributed by atoms with Gasteiger partial charge in [0, 0.05) is 16.1 Å². The third kappa shape index (κ3) is 3.12. The molecule has 0 aliphatic heterocycles. The summed E-state index contributed by atoms with van der Waals surface area (Å²) in [6.45, 7) is 3.99. The Balaban J connectivity index is 1.98. The Hall–Kier alpha value is -2.59. The first-order chi connectivity index (χ1) is 10.9. The number of carbonyl (C=O) groups is 1. The van der Waals surface area contributed by atoms with Crippen molar-refractivity contribution >= 4 is 34.2 Å². The summed E-state index contributed by atoms with van der Waals surface area (Å²) in [5, 5.41) is 11.9. The van der Waals surface area contributed by atoms with Crippen LogP contribution in [0.2, 0.25) is 5.02 Å². The molecule has 0 radical (unpaired) electrons. The number of anilines is 1. The summed E-state index contributed by atoms with van der Waals surface area (Å²) in [5.74, 6) is -0.385. The predicted molar refractivity (Wildman–Crippen MR) is 90.9 cm³/mol. The lowest BCUT2D eigenvalue weighted by molar-refractivity contribution is 0.102. The fourth-order valence-corrected chi connectivity index (χ4v) is 2.48. The van der Waals surface area contributed by atoms with E-state index in [1.165, 1.54) is 0 Å². The van der Waals surface area contributed by atoms with Gasteiger partial charge in [-0.15, -0.1) is 0 Å². The lowest BCUT2D eigenvalue weighted by Crippen LogP contribution is -2.20. The van der Waals surface area contributed by atoms with Gasteiger partial charge >= 0.3 is 0 Å². The number of fused-ring (bicyclic) bond motifs is 1. The van der Waals surface area contributed by atoms with Crippen molar-refractivity contribution in [2.75, 3.05) is 5.32 Å².